The molecule has 0 radical (unpaired) electrons. The lowest BCUT2D eigenvalue weighted by molar-refractivity contribution is 0.0916. The number of hydrogen-bond acceptors (Lipinski definition) is 8. The Hall–Kier alpha value is -4.05. The van der Waals surface area contributed by atoms with Gasteiger partial charge in [0.2, 0.25) is 5.95 Å². The van der Waals surface area contributed by atoms with Gasteiger partial charge < -0.3 is 20.2 Å². The molecule has 158 valence electrons. The Morgan fingerprint density at radius 2 is 2.00 bits per heavy atom. The van der Waals surface area contributed by atoms with Gasteiger partial charge in [0.1, 0.15) is 23.5 Å². The van der Waals surface area contributed by atoms with E-state index in [9.17, 15) is 9.90 Å². The van der Waals surface area contributed by atoms with Crippen LogP contribution in [0.5, 0.6) is 0 Å². The first-order valence-electron chi connectivity index (χ1n) is 9.55. The minimum atomic E-state index is -0.459. The van der Waals surface area contributed by atoms with Crippen LogP contribution >= 0.6 is 0 Å². The van der Waals surface area contributed by atoms with E-state index in [1.54, 1.807) is 36.3 Å². The van der Waals surface area contributed by atoms with E-state index in [-0.39, 0.29) is 19.0 Å². The second kappa shape index (κ2) is 8.76. The SMILES string of the molecule is Cc1cnc(Nc2ccnn2C)nc1-c1coc(C(=O)NCc2ccccc2CO)n1. The van der Waals surface area contributed by atoms with E-state index < -0.39 is 5.91 Å². The molecule has 0 atom stereocenters. The van der Waals surface area contributed by atoms with E-state index in [2.05, 4.69) is 30.7 Å². The number of nitrogens with zero attached hydrogens (tertiary/aromatic N) is 5. The maximum absolute atomic E-state index is 12.5. The third-order valence-corrected chi connectivity index (χ3v) is 4.70. The van der Waals surface area contributed by atoms with E-state index in [0.29, 0.717) is 17.3 Å². The number of carbonyl (C=O) groups excluding carboxylic acids is 1. The number of aryl methyl sites for hydroxylation is 2. The number of nitrogens with one attached hydrogen (secondary N) is 2. The van der Waals surface area contributed by atoms with Gasteiger partial charge >= 0.3 is 5.91 Å². The summed E-state index contributed by atoms with van der Waals surface area (Å²) < 4.78 is 7.04. The van der Waals surface area contributed by atoms with Crippen LogP contribution in [0.1, 0.15) is 27.4 Å². The van der Waals surface area contributed by atoms with Gasteiger partial charge in [0.05, 0.1) is 12.8 Å². The van der Waals surface area contributed by atoms with Gasteiger partial charge in [0, 0.05) is 25.9 Å². The summed E-state index contributed by atoms with van der Waals surface area (Å²) in [7, 11) is 1.80. The van der Waals surface area contributed by atoms with Crippen molar-refractivity contribution in [2.75, 3.05) is 5.32 Å². The molecule has 0 spiro atoms. The fourth-order valence-corrected chi connectivity index (χ4v) is 2.99. The van der Waals surface area contributed by atoms with Crippen molar-refractivity contribution in [3.63, 3.8) is 0 Å². The quantitative estimate of drug-likeness (QED) is 0.416. The molecule has 10 heteroatoms. The summed E-state index contributed by atoms with van der Waals surface area (Å²) in [6.45, 7) is 2.00. The number of aromatic nitrogens is 5. The number of aliphatic hydroxyl groups excluding tert-OH is 1. The Balaban J connectivity index is 1.49. The van der Waals surface area contributed by atoms with E-state index in [0.717, 1.165) is 22.5 Å². The lowest BCUT2D eigenvalue weighted by Gasteiger charge is -2.08. The Morgan fingerprint density at radius 1 is 1.19 bits per heavy atom. The molecule has 3 N–H and O–H groups in total. The van der Waals surface area contributed by atoms with E-state index in [1.807, 2.05) is 25.1 Å². The average molecular weight is 419 g/mol. The average Bonchev–Trinajstić information content (AvgIpc) is 3.43. The monoisotopic (exact) mass is 419 g/mol. The third kappa shape index (κ3) is 4.43. The zero-order chi connectivity index (χ0) is 21.8. The lowest BCUT2D eigenvalue weighted by atomic mass is 10.1. The van der Waals surface area contributed by atoms with Crippen LogP contribution in [0, 0.1) is 6.92 Å². The number of amides is 1. The molecule has 4 aromatic rings. The van der Waals surface area contributed by atoms with Crippen LogP contribution in [-0.4, -0.2) is 35.7 Å². The van der Waals surface area contributed by atoms with Gasteiger partial charge in [-0.15, -0.1) is 0 Å². The van der Waals surface area contributed by atoms with Crippen LogP contribution in [0.4, 0.5) is 11.8 Å². The van der Waals surface area contributed by atoms with Crippen LogP contribution in [0.15, 0.2) is 53.4 Å². The molecular formula is C21H21N7O3. The fourth-order valence-electron chi connectivity index (χ4n) is 2.99. The van der Waals surface area contributed by atoms with Crippen molar-refractivity contribution in [2.45, 2.75) is 20.1 Å². The van der Waals surface area contributed by atoms with Crippen LogP contribution in [0.3, 0.4) is 0 Å². The standard InChI is InChI=1S/C21H21N7O3/c1-13-9-23-21(26-17-7-8-24-28(17)2)27-18(13)16-12-31-20(25-16)19(30)22-10-14-5-3-4-6-15(14)11-29/h3-9,12,29H,10-11H2,1-2H3,(H,22,30)(H,23,26,27). The summed E-state index contributed by atoms with van der Waals surface area (Å²) >= 11 is 0. The Labute approximate surface area is 178 Å². The van der Waals surface area contributed by atoms with Gasteiger partial charge in [-0.25, -0.2) is 15.0 Å². The molecule has 0 bridgehead atoms. The van der Waals surface area contributed by atoms with Gasteiger partial charge in [0.25, 0.3) is 5.89 Å². The molecule has 0 fully saturated rings. The molecule has 0 aliphatic carbocycles. The highest BCUT2D eigenvalue weighted by atomic mass is 16.4. The highest BCUT2D eigenvalue weighted by Gasteiger charge is 2.17. The molecular weight excluding hydrogens is 398 g/mol. The van der Waals surface area contributed by atoms with Crippen LogP contribution in [0.25, 0.3) is 11.4 Å². The van der Waals surface area contributed by atoms with Crippen molar-refractivity contribution in [3.05, 3.63) is 71.6 Å². The number of carbonyl (C=O) groups is 1. The van der Waals surface area contributed by atoms with Crippen LogP contribution in [-0.2, 0) is 20.2 Å². The summed E-state index contributed by atoms with van der Waals surface area (Å²) in [6, 6.07) is 9.13. The highest BCUT2D eigenvalue weighted by Crippen LogP contribution is 2.22. The zero-order valence-electron chi connectivity index (χ0n) is 17.0. The van der Waals surface area contributed by atoms with Crippen molar-refractivity contribution >= 4 is 17.7 Å². The number of anilines is 2. The van der Waals surface area contributed by atoms with E-state index in [4.69, 9.17) is 4.42 Å². The lowest BCUT2D eigenvalue weighted by Crippen LogP contribution is -2.23. The van der Waals surface area contributed by atoms with Gasteiger partial charge in [-0.1, -0.05) is 24.3 Å². The van der Waals surface area contributed by atoms with Crippen LogP contribution < -0.4 is 10.6 Å². The van der Waals surface area contributed by atoms with Crippen molar-refractivity contribution in [1.29, 1.82) is 0 Å². The molecule has 3 heterocycles. The van der Waals surface area contributed by atoms with Crippen LogP contribution in [0.2, 0.25) is 0 Å². The first kappa shape index (κ1) is 20.2. The maximum atomic E-state index is 12.5. The predicted molar refractivity (Wildman–Crippen MR) is 112 cm³/mol. The molecule has 4 rings (SSSR count). The fraction of sp³-hybridized carbons (Fsp3) is 0.190. The first-order chi connectivity index (χ1) is 15.0. The van der Waals surface area contributed by atoms with Gasteiger partial charge in [-0.3, -0.25) is 9.48 Å². The Bertz CT molecular complexity index is 1220. The maximum Gasteiger partial charge on any atom is 0.307 e. The molecule has 1 amide bonds. The van der Waals surface area contributed by atoms with Gasteiger partial charge in [0.15, 0.2) is 0 Å². The zero-order valence-corrected chi connectivity index (χ0v) is 17.0. The second-order valence-electron chi connectivity index (χ2n) is 6.84. The Kier molecular flexibility index (Phi) is 5.72. The summed E-state index contributed by atoms with van der Waals surface area (Å²) in [5.74, 6) is 0.576. The summed E-state index contributed by atoms with van der Waals surface area (Å²) in [5, 5.41) is 19.3. The topological polar surface area (TPSA) is 131 Å². The number of rotatable bonds is 7. The number of aliphatic hydroxyl groups is 1. The highest BCUT2D eigenvalue weighted by molar-refractivity contribution is 5.90. The second-order valence-corrected chi connectivity index (χ2v) is 6.84. The number of hydrogen-bond donors (Lipinski definition) is 3. The Morgan fingerprint density at radius 3 is 2.74 bits per heavy atom. The van der Waals surface area contributed by atoms with Crippen molar-refractivity contribution in [1.82, 2.24) is 30.0 Å². The third-order valence-electron chi connectivity index (χ3n) is 4.70. The van der Waals surface area contributed by atoms with E-state index in [1.165, 1.54) is 6.26 Å². The molecule has 0 aliphatic heterocycles. The molecule has 10 nitrogen and oxygen atoms in total. The summed E-state index contributed by atoms with van der Waals surface area (Å²) in [5.41, 5.74) is 3.33. The minimum Gasteiger partial charge on any atom is -0.440 e. The molecule has 3 aromatic heterocycles. The molecule has 0 saturated carbocycles. The molecule has 0 saturated heterocycles. The van der Waals surface area contributed by atoms with Crippen molar-refractivity contribution in [2.24, 2.45) is 7.05 Å². The largest absolute Gasteiger partial charge is 0.440 e. The number of oxazole rings is 1. The van der Waals surface area contributed by atoms with Gasteiger partial charge in [-0.05, 0) is 23.6 Å². The smallest absolute Gasteiger partial charge is 0.307 e. The van der Waals surface area contributed by atoms with Crippen molar-refractivity contribution < 1.29 is 14.3 Å². The normalized spacial score (nSPS) is 10.8. The van der Waals surface area contributed by atoms with E-state index >= 15 is 0 Å². The summed E-state index contributed by atoms with van der Waals surface area (Å²) in [6.07, 6.45) is 4.72. The minimum absolute atomic E-state index is 0.0735. The first-order valence-corrected chi connectivity index (χ1v) is 9.55. The molecule has 0 aliphatic rings. The molecule has 31 heavy (non-hydrogen) atoms. The summed E-state index contributed by atoms with van der Waals surface area (Å²) in [4.78, 5) is 25.5. The predicted octanol–water partition coefficient (Wildman–Crippen LogP) is 2.34. The number of benzene rings is 1. The molecule has 1 aromatic carbocycles. The molecule has 0 unspecified atom stereocenters. The van der Waals surface area contributed by atoms with Gasteiger partial charge in [-0.2, -0.15) is 5.10 Å². The van der Waals surface area contributed by atoms with Crippen molar-refractivity contribution in [3.8, 4) is 11.4 Å².